The molecule has 0 unspecified atom stereocenters. The highest BCUT2D eigenvalue weighted by Gasteiger charge is 2.28. The van der Waals surface area contributed by atoms with E-state index in [0.717, 1.165) is 0 Å². The van der Waals surface area contributed by atoms with Gasteiger partial charge in [-0.15, -0.1) is 0 Å². The molecule has 1 aliphatic heterocycles. The van der Waals surface area contributed by atoms with Gasteiger partial charge in [-0.2, -0.15) is 0 Å². The predicted octanol–water partition coefficient (Wildman–Crippen LogP) is 2.72. The van der Waals surface area contributed by atoms with Crippen LogP contribution in [0, 0.1) is 11.6 Å². The van der Waals surface area contributed by atoms with E-state index in [1.54, 1.807) is 25.7 Å². The number of carbonyl (C=O) groups is 1. The monoisotopic (exact) mass is 312 g/mol. The Morgan fingerprint density at radius 2 is 2.00 bits per heavy atom. The summed E-state index contributed by atoms with van der Waals surface area (Å²) in [7, 11) is 0. The fourth-order valence-corrected chi connectivity index (χ4v) is 2.43. The molecular formula is C16H22F2N2O2. The first-order chi connectivity index (χ1) is 10.3. The zero-order valence-electron chi connectivity index (χ0n) is 13.2. The van der Waals surface area contributed by atoms with Crippen molar-refractivity contribution in [2.24, 2.45) is 0 Å². The molecular weight excluding hydrogens is 290 g/mol. The lowest BCUT2D eigenvalue weighted by atomic mass is 10.0. The van der Waals surface area contributed by atoms with Crippen molar-refractivity contribution in [2.45, 2.75) is 38.8 Å². The summed E-state index contributed by atoms with van der Waals surface area (Å²) in [4.78, 5) is 13.6. The minimum Gasteiger partial charge on any atom is -0.444 e. The van der Waals surface area contributed by atoms with E-state index in [1.165, 1.54) is 18.2 Å². The van der Waals surface area contributed by atoms with E-state index in [1.807, 2.05) is 0 Å². The molecule has 1 heterocycles. The Hall–Kier alpha value is -1.69. The highest BCUT2D eigenvalue weighted by atomic mass is 19.1. The molecule has 0 radical (unpaired) electrons. The molecule has 1 aromatic rings. The Morgan fingerprint density at radius 1 is 1.36 bits per heavy atom. The van der Waals surface area contributed by atoms with Crippen LogP contribution in [0.3, 0.4) is 0 Å². The van der Waals surface area contributed by atoms with Crippen molar-refractivity contribution in [3.8, 4) is 0 Å². The highest BCUT2D eigenvalue weighted by Crippen LogP contribution is 2.17. The number of carbonyl (C=O) groups excluding carboxylic acids is 1. The SMILES string of the molecule is CC(C)(C)OC(=O)N1CCN[C@@H](Cc2c(F)cccc2F)C1. The molecule has 0 saturated carbocycles. The average Bonchev–Trinajstić information content (AvgIpc) is 2.41. The Labute approximate surface area is 129 Å². The van der Waals surface area contributed by atoms with Crippen molar-refractivity contribution in [3.05, 3.63) is 35.4 Å². The maximum absolute atomic E-state index is 13.7. The van der Waals surface area contributed by atoms with E-state index >= 15 is 0 Å². The van der Waals surface area contributed by atoms with E-state index in [4.69, 9.17) is 4.74 Å². The van der Waals surface area contributed by atoms with Gasteiger partial charge in [-0.3, -0.25) is 0 Å². The molecule has 1 N–H and O–H groups in total. The van der Waals surface area contributed by atoms with Gasteiger partial charge in [0.25, 0.3) is 0 Å². The Kier molecular flexibility index (Phi) is 5.01. The smallest absolute Gasteiger partial charge is 0.410 e. The van der Waals surface area contributed by atoms with Crippen LogP contribution in [0.25, 0.3) is 0 Å². The summed E-state index contributed by atoms with van der Waals surface area (Å²) in [6, 6.07) is 3.63. The second-order valence-corrected chi connectivity index (χ2v) is 6.48. The van der Waals surface area contributed by atoms with Gasteiger partial charge in [0.05, 0.1) is 0 Å². The van der Waals surface area contributed by atoms with Gasteiger partial charge in [-0.05, 0) is 39.3 Å². The minimum absolute atomic E-state index is 0.0473. The summed E-state index contributed by atoms with van der Waals surface area (Å²) < 4.78 is 32.8. The van der Waals surface area contributed by atoms with Gasteiger partial charge in [0, 0.05) is 31.2 Å². The van der Waals surface area contributed by atoms with E-state index in [0.29, 0.717) is 19.6 Å². The molecule has 0 spiro atoms. The van der Waals surface area contributed by atoms with Crippen LogP contribution in [0.15, 0.2) is 18.2 Å². The molecule has 1 amide bonds. The lowest BCUT2D eigenvalue weighted by Gasteiger charge is -2.35. The molecule has 1 saturated heterocycles. The highest BCUT2D eigenvalue weighted by molar-refractivity contribution is 5.68. The van der Waals surface area contributed by atoms with Crippen molar-refractivity contribution in [1.82, 2.24) is 10.2 Å². The molecule has 1 aliphatic rings. The molecule has 22 heavy (non-hydrogen) atoms. The molecule has 0 aromatic heterocycles. The van der Waals surface area contributed by atoms with Crippen LogP contribution in [-0.4, -0.2) is 42.3 Å². The van der Waals surface area contributed by atoms with Gasteiger partial charge in [0.2, 0.25) is 0 Å². The van der Waals surface area contributed by atoms with Crippen molar-refractivity contribution in [1.29, 1.82) is 0 Å². The number of nitrogens with one attached hydrogen (secondary N) is 1. The maximum atomic E-state index is 13.7. The first kappa shape index (κ1) is 16.7. The second-order valence-electron chi connectivity index (χ2n) is 6.48. The summed E-state index contributed by atoms with van der Waals surface area (Å²) in [5.74, 6) is -1.12. The Balaban J connectivity index is 2.00. The van der Waals surface area contributed by atoms with Crippen LogP contribution in [0.5, 0.6) is 0 Å². The van der Waals surface area contributed by atoms with Gasteiger partial charge >= 0.3 is 6.09 Å². The molecule has 1 aromatic carbocycles. The van der Waals surface area contributed by atoms with Crippen LogP contribution < -0.4 is 5.32 Å². The van der Waals surface area contributed by atoms with Gasteiger partial charge < -0.3 is 15.0 Å². The number of hydrogen-bond acceptors (Lipinski definition) is 3. The molecule has 2 rings (SSSR count). The zero-order chi connectivity index (χ0) is 16.3. The maximum Gasteiger partial charge on any atom is 0.410 e. The third-order valence-corrected chi connectivity index (χ3v) is 3.42. The number of nitrogens with zero attached hydrogens (tertiary/aromatic N) is 1. The normalized spacial score (nSPS) is 19.1. The summed E-state index contributed by atoms with van der Waals surface area (Å²) in [6.45, 7) is 6.87. The standard InChI is InChI=1S/C16H22F2N2O2/c1-16(2,3)22-15(21)20-8-7-19-11(10-20)9-12-13(17)5-4-6-14(12)18/h4-6,11,19H,7-10H2,1-3H3/t11-/m0/s1. The lowest BCUT2D eigenvalue weighted by Crippen LogP contribution is -2.54. The first-order valence-corrected chi connectivity index (χ1v) is 7.40. The molecule has 6 heteroatoms. The second kappa shape index (κ2) is 6.60. The van der Waals surface area contributed by atoms with Crippen molar-refractivity contribution in [3.63, 3.8) is 0 Å². The third-order valence-electron chi connectivity index (χ3n) is 3.42. The summed E-state index contributed by atoms with van der Waals surface area (Å²) in [6.07, 6.45) is -0.203. The number of rotatable bonds is 2. The van der Waals surface area contributed by atoms with Crippen LogP contribution in [-0.2, 0) is 11.2 Å². The van der Waals surface area contributed by atoms with E-state index in [9.17, 15) is 13.6 Å². The largest absolute Gasteiger partial charge is 0.444 e. The molecule has 1 atom stereocenters. The number of amides is 1. The Bertz CT molecular complexity index is 523. The van der Waals surface area contributed by atoms with Crippen molar-refractivity contribution < 1.29 is 18.3 Å². The predicted molar refractivity (Wildman–Crippen MR) is 79.7 cm³/mol. The summed E-state index contributed by atoms with van der Waals surface area (Å²) in [5, 5.41) is 3.19. The van der Waals surface area contributed by atoms with Crippen molar-refractivity contribution in [2.75, 3.05) is 19.6 Å². The minimum atomic E-state index is -0.560. The molecule has 1 fully saturated rings. The zero-order valence-corrected chi connectivity index (χ0v) is 13.2. The number of halogens is 2. The number of hydrogen-bond donors (Lipinski definition) is 1. The fraction of sp³-hybridized carbons (Fsp3) is 0.562. The third kappa shape index (κ3) is 4.40. The first-order valence-electron chi connectivity index (χ1n) is 7.40. The fourth-order valence-electron chi connectivity index (χ4n) is 2.43. The van der Waals surface area contributed by atoms with Crippen LogP contribution in [0.4, 0.5) is 13.6 Å². The van der Waals surface area contributed by atoms with E-state index < -0.39 is 23.3 Å². The van der Waals surface area contributed by atoms with E-state index in [2.05, 4.69) is 5.32 Å². The van der Waals surface area contributed by atoms with Gasteiger partial charge in [-0.1, -0.05) is 6.07 Å². The summed E-state index contributed by atoms with van der Waals surface area (Å²) in [5.41, 5.74) is -0.513. The van der Waals surface area contributed by atoms with Crippen LogP contribution >= 0.6 is 0 Å². The average molecular weight is 312 g/mol. The van der Waals surface area contributed by atoms with E-state index in [-0.39, 0.29) is 18.0 Å². The Morgan fingerprint density at radius 3 is 2.59 bits per heavy atom. The number of benzene rings is 1. The van der Waals surface area contributed by atoms with Crippen LogP contribution in [0.2, 0.25) is 0 Å². The number of piperazine rings is 1. The molecule has 0 bridgehead atoms. The van der Waals surface area contributed by atoms with Gasteiger partial charge in [-0.25, -0.2) is 13.6 Å². The molecule has 122 valence electrons. The molecule has 4 nitrogen and oxygen atoms in total. The molecule has 0 aliphatic carbocycles. The lowest BCUT2D eigenvalue weighted by molar-refractivity contribution is 0.0195. The summed E-state index contributed by atoms with van der Waals surface area (Å²) >= 11 is 0. The van der Waals surface area contributed by atoms with Crippen molar-refractivity contribution >= 4 is 6.09 Å². The topological polar surface area (TPSA) is 41.6 Å². The quantitative estimate of drug-likeness (QED) is 0.913. The number of ether oxygens (including phenoxy) is 1. The van der Waals surface area contributed by atoms with Crippen LogP contribution in [0.1, 0.15) is 26.3 Å². The van der Waals surface area contributed by atoms with Gasteiger partial charge in [0.1, 0.15) is 17.2 Å². The van der Waals surface area contributed by atoms with Gasteiger partial charge in [0.15, 0.2) is 0 Å².